The molecular weight excluding hydrogens is 276 g/mol. The first-order valence-electron chi connectivity index (χ1n) is 6.94. The van der Waals surface area contributed by atoms with E-state index in [1.807, 2.05) is 72.8 Å². The van der Waals surface area contributed by atoms with E-state index >= 15 is 0 Å². The maximum absolute atomic E-state index is 5.81. The maximum Gasteiger partial charge on any atom is 0.282 e. The van der Waals surface area contributed by atoms with Crippen LogP contribution in [-0.2, 0) is 0 Å². The van der Waals surface area contributed by atoms with Crippen LogP contribution in [0, 0.1) is 0 Å². The number of ether oxygens (including phenoxy) is 2. The van der Waals surface area contributed by atoms with E-state index < -0.39 is 0 Å². The molecule has 106 valence electrons. The summed E-state index contributed by atoms with van der Waals surface area (Å²) in [5.41, 5.74) is 1.81. The third kappa shape index (κ3) is 2.42. The Labute approximate surface area is 127 Å². The van der Waals surface area contributed by atoms with Crippen LogP contribution in [0.15, 0.2) is 60.7 Å². The van der Waals surface area contributed by atoms with Crippen molar-refractivity contribution in [2.45, 2.75) is 0 Å². The van der Waals surface area contributed by atoms with Crippen molar-refractivity contribution >= 4 is 12.2 Å². The van der Waals surface area contributed by atoms with Crippen LogP contribution in [0.1, 0.15) is 11.3 Å². The minimum absolute atomic E-state index is 0.385. The quantitative estimate of drug-likeness (QED) is 0.543. The van der Waals surface area contributed by atoms with Crippen LogP contribution in [0.3, 0.4) is 0 Å². The predicted molar refractivity (Wildman–Crippen MR) is 84.0 cm³/mol. The van der Waals surface area contributed by atoms with E-state index in [-0.39, 0.29) is 0 Å². The summed E-state index contributed by atoms with van der Waals surface area (Å²) < 4.78 is 11.5. The van der Waals surface area contributed by atoms with E-state index in [1.54, 1.807) is 0 Å². The second kappa shape index (κ2) is 5.33. The highest BCUT2D eigenvalue weighted by atomic mass is 16.6. The van der Waals surface area contributed by atoms with Gasteiger partial charge in [-0.1, -0.05) is 48.5 Å². The molecule has 1 aliphatic heterocycles. The molecule has 2 aromatic carbocycles. The fourth-order valence-electron chi connectivity index (χ4n) is 2.19. The van der Waals surface area contributed by atoms with Gasteiger partial charge in [0.1, 0.15) is 0 Å². The Kier molecular flexibility index (Phi) is 3.05. The number of aromatic nitrogens is 2. The van der Waals surface area contributed by atoms with Gasteiger partial charge in [0.2, 0.25) is 0 Å². The molecule has 3 aromatic rings. The molecule has 4 nitrogen and oxygen atoms in total. The van der Waals surface area contributed by atoms with E-state index in [9.17, 15) is 0 Å². The van der Waals surface area contributed by atoms with Gasteiger partial charge in [0.15, 0.2) is 17.2 Å². The van der Waals surface area contributed by atoms with Gasteiger partial charge in [-0.2, -0.15) is 0 Å². The smallest absolute Gasteiger partial charge is 0.282 e. The van der Waals surface area contributed by atoms with Gasteiger partial charge in [-0.15, -0.1) is 10.2 Å². The van der Waals surface area contributed by atoms with Crippen LogP contribution in [0.25, 0.3) is 12.2 Å². The molecule has 2 heterocycles. The molecule has 0 fully saturated rings. The molecule has 1 aliphatic rings. The molecule has 0 saturated carbocycles. The first-order valence-corrected chi connectivity index (χ1v) is 6.94. The summed E-state index contributed by atoms with van der Waals surface area (Å²) in [7, 11) is 0. The number of hydrogen-bond acceptors (Lipinski definition) is 4. The third-order valence-electron chi connectivity index (χ3n) is 3.27. The van der Waals surface area contributed by atoms with Crippen molar-refractivity contribution < 1.29 is 9.47 Å². The van der Waals surface area contributed by atoms with E-state index in [0.717, 1.165) is 5.56 Å². The van der Waals surface area contributed by atoms with Crippen LogP contribution in [-0.4, -0.2) is 10.2 Å². The highest BCUT2D eigenvalue weighted by Gasteiger charge is 2.20. The molecule has 0 saturated heterocycles. The van der Waals surface area contributed by atoms with Gasteiger partial charge in [-0.05, 0) is 23.8 Å². The number of fused-ring (bicyclic) bond motifs is 2. The lowest BCUT2D eigenvalue weighted by molar-refractivity contribution is 0.343. The minimum Gasteiger partial charge on any atom is -0.448 e. The molecule has 4 heteroatoms. The summed E-state index contributed by atoms with van der Waals surface area (Å²) in [6, 6.07) is 19.3. The highest BCUT2D eigenvalue weighted by Crippen LogP contribution is 2.43. The molecule has 0 unspecified atom stereocenters. The fourth-order valence-corrected chi connectivity index (χ4v) is 2.19. The monoisotopic (exact) mass is 288 g/mol. The summed E-state index contributed by atoms with van der Waals surface area (Å²) in [4.78, 5) is 0. The largest absolute Gasteiger partial charge is 0.448 e. The molecule has 1 aromatic heterocycles. The Morgan fingerprint density at radius 3 is 2.23 bits per heavy atom. The minimum atomic E-state index is 0.385. The third-order valence-corrected chi connectivity index (χ3v) is 3.27. The van der Waals surface area contributed by atoms with E-state index in [2.05, 4.69) is 10.2 Å². The zero-order valence-electron chi connectivity index (χ0n) is 11.6. The van der Waals surface area contributed by atoms with Gasteiger partial charge < -0.3 is 9.47 Å². The lowest BCUT2D eigenvalue weighted by Gasteiger charge is -2.18. The van der Waals surface area contributed by atoms with Crippen molar-refractivity contribution in [2.75, 3.05) is 0 Å². The topological polar surface area (TPSA) is 44.2 Å². The molecule has 0 N–H and O–H groups in total. The first kappa shape index (κ1) is 12.6. The Balaban J connectivity index is 1.62. The molecular formula is C18H12N2O2. The second-order valence-corrected chi connectivity index (χ2v) is 4.83. The SMILES string of the molecule is C(=Cc1cc2c(nn1)Oc1ccccc1O2)c1ccccc1. The van der Waals surface area contributed by atoms with Crippen molar-refractivity contribution in [3.05, 3.63) is 71.9 Å². The average Bonchev–Trinajstić information content (AvgIpc) is 2.59. The predicted octanol–water partition coefficient (Wildman–Crippen LogP) is 4.55. The lowest BCUT2D eigenvalue weighted by Crippen LogP contribution is -2.02. The Bertz CT molecular complexity index is 845. The molecule has 0 aliphatic carbocycles. The van der Waals surface area contributed by atoms with Gasteiger partial charge in [-0.3, -0.25) is 0 Å². The van der Waals surface area contributed by atoms with Crippen molar-refractivity contribution in [1.82, 2.24) is 10.2 Å². The van der Waals surface area contributed by atoms with Gasteiger partial charge >= 0.3 is 0 Å². The highest BCUT2D eigenvalue weighted by molar-refractivity contribution is 5.68. The molecule has 4 rings (SSSR count). The summed E-state index contributed by atoms with van der Waals surface area (Å²) in [5.74, 6) is 2.29. The Morgan fingerprint density at radius 2 is 1.41 bits per heavy atom. The van der Waals surface area contributed by atoms with Crippen LogP contribution in [0.5, 0.6) is 23.1 Å². The molecule has 0 spiro atoms. The lowest BCUT2D eigenvalue weighted by atomic mass is 10.2. The Morgan fingerprint density at radius 1 is 0.682 bits per heavy atom. The van der Waals surface area contributed by atoms with Crippen LogP contribution < -0.4 is 9.47 Å². The van der Waals surface area contributed by atoms with E-state index in [4.69, 9.17) is 9.47 Å². The second-order valence-electron chi connectivity index (χ2n) is 4.83. The van der Waals surface area contributed by atoms with Crippen molar-refractivity contribution in [1.29, 1.82) is 0 Å². The van der Waals surface area contributed by atoms with Crippen molar-refractivity contribution in [2.24, 2.45) is 0 Å². The van der Waals surface area contributed by atoms with Crippen molar-refractivity contribution in [3.63, 3.8) is 0 Å². The molecule has 0 atom stereocenters. The fraction of sp³-hybridized carbons (Fsp3) is 0. The van der Waals surface area contributed by atoms with Crippen LogP contribution in [0.4, 0.5) is 0 Å². The summed E-state index contributed by atoms with van der Waals surface area (Å²) in [6.07, 6.45) is 3.88. The number of nitrogens with zero attached hydrogens (tertiary/aromatic N) is 2. The number of hydrogen-bond donors (Lipinski definition) is 0. The van der Waals surface area contributed by atoms with Gasteiger partial charge in [-0.25, -0.2) is 0 Å². The number of rotatable bonds is 2. The van der Waals surface area contributed by atoms with Gasteiger partial charge in [0.25, 0.3) is 5.88 Å². The average molecular weight is 288 g/mol. The van der Waals surface area contributed by atoms with Gasteiger partial charge in [0, 0.05) is 6.07 Å². The molecule has 22 heavy (non-hydrogen) atoms. The van der Waals surface area contributed by atoms with Crippen molar-refractivity contribution in [3.8, 4) is 23.1 Å². The normalized spacial score (nSPS) is 12.2. The molecule has 0 amide bonds. The number of benzene rings is 2. The summed E-state index contributed by atoms with van der Waals surface area (Å²) >= 11 is 0. The van der Waals surface area contributed by atoms with E-state index in [1.165, 1.54) is 0 Å². The molecule has 0 bridgehead atoms. The van der Waals surface area contributed by atoms with E-state index in [0.29, 0.717) is 28.8 Å². The zero-order chi connectivity index (χ0) is 14.8. The zero-order valence-corrected chi connectivity index (χ0v) is 11.6. The number of para-hydroxylation sites is 2. The maximum atomic E-state index is 5.81. The summed E-state index contributed by atoms with van der Waals surface area (Å²) in [5, 5.41) is 8.22. The van der Waals surface area contributed by atoms with Crippen LogP contribution >= 0.6 is 0 Å². The standard InChI is InChI=1S/C18H12N2O2/c1-2-6-13(7-3-1)10-11-14-12-17-18(20-19-14)22-16-9-5-4-8-15(16)21-17/h1-12H. The van der Waals surface area contributed by atoms with Gasteiger partial charge in [0.05, 0.1) is 5.69 Å². The first-order chi connectivity index (χ1) is 10.9. The Hall–Kier alpha value is -3.14. The summed E-state index contributed by atoms with van der Waals surface area (Å²) in [6.45, 7) is 0. The molecule has 0 radical (unpaired) electrons. The van der Waals surface area contributed by atoms with Crippen LogP contribution in [0.2, 0.25) is 0 Å².